The maximum Gasteiger partial charge on any atom is 0.123 e. The highest BCUT2D eigenvalue weighted by molar-refractivity contribution is 7.12. The van der Waals surface area contributed by atoms with Gasteiger partial charge in [0.1, 0.15) is 5.82 Å². The molecule has 1 heterocycles. The third kappa shape index (κ3) is 4.53. The van der Waals surface area contributed by atoms with E-state index in [9.17, 15) is 9.50 Å². The van der Waals surface area contributed by atoms with Crippen molar-refractivity contribution in [1.29, 1.82) is 5.53 Å². The minimum atomic E-state index is -0.799. The van der Waals surface area contributed by atoms with Crippen molar-refractivity contribution in [1.82, 2.24) is 10.3 Å². The summed E-state index contributed by atoms with van der Waals surface area (Å²) in [5.74, 6) is 0.358. The third-order valence-corrected chi connectivity index (χ3v) is 5.35. The summed E-state index contributed by atoms with van der Waals surface area (Å²) in [6.07, 6.45) is 3.99. The number of halogens is 1. The molecule has 0 aliphatic heterocycles. The second kappa shape index (κ2) is 8.05. The van der Waals surface area contributed by atoms with Gasteiger partial charge < -0.3 is 10.4 Å². The summed E-state index contributed by atoms with van der Waals surface area (Å²) >= 11 is 1.53. The molecule has 2 aromatic rings. The number of allylic oxidation sites excluding steroid dienone is 1. The normalized spacial score (nSPS) is 15.8. The minimum Gasteiger partial charge on any atom is -0.389 e. The van der Waals surface area contributed by atoms with E-state index in [1.165, 1.54) is 36.3 Å². The van der Waals surface area contributed by atoms with Gasteiger partial charge in [0.15, 0.2) is 0 Å². The van der Waals surface area contributed by atoms with E-state index in [0.29, 0.717) is 17.7 Å². The molecule has 0 unspecified atom stereocenters. The van der Waals surface area contributed by atoms with Crippen molar-refractivity contribution in [2.24, 2.45) is 11.0 Å². The molecule has 1 aliphatic rings. The first-order valence-corrected chi connectivity index (χ1v) is 9.53. The summed E-state index contributed by atoms with van der Waals surface area (Å²) in [6, 6.07) is 4.38. The fourth-order valence-corrected chi connectivity index (χ4v) is 3.81. The van der Waals surface area contributed by atoms with Gasteiger partial charge in [0.25, 0.3) is 0 Å². The van der Waals surface area contributed by atoms with Crippen LogP contribution < -0.4 is 5.32 Å². The van der Waals surface area contributed by atoms with Crippen LogP contribution in [0.1, 0.15) is 41.3 Å². The fourth-order valence-electron chi connectivity index (χ4n) is 2.85. The molecule has 0 amide bonds. The van der Waals surface area contributed by atoms with Crippen LogP contribution in [0.3, 0.4) is 0 Å². The van der Waals surface area contributed by atoms with Gasteiger partial charge in [0.2, 0.25) is 0 Å². The maximum absolute atomic E-state index is 13.6. The SMILES string of the molecule is Cc1nc(-c2ccc(F)cc2[C@@H](C)O)c(C/C(=C/NCC2CC2)N=N)s1. The Bertz CT molecular complexity index is 827. The molecule has 0 bridgehead atoms. The predicted molar refractivity (Wildman–Crippen MR) is 101 cm³/mol. The van der Waals surface area contributed by atoms with Crippen LogP contribution in [0.15, 0.2) is 35.2 Å². The van der Waals surface area contributed by atoms with Crippen LogP contribution in [0.4, 0.5) is 4.39 Å². The molecule has 1 saturated carbocycles. The fraction of sp³-hybridized carbons (Fsp3) is 0.421. The summed E-state index contributed by atoms with van der Waals surface area (Å²) in [4.78, 5) is 5.54. The Kier molecular flexibility index (Phi) is 5.78. The molecular formula is C19H23FN4OS. The first-order valence-electron chi connectivity index (χ1n) is 8.72. The van der Waals surface area contributed by atoms with E-state index < -0.39 is 6.10 Å². The second-order valence-corrected chi connectivity index (χ2v) is 7.98. The molecule has 26 heavy (non-hydrogen) atoms. The van der Waals surface area contributed by atoms with Gasteiger partial charge in [-0.1, -0.05) is 0 Å². The van der Waals surface area contributed by atoms with Gasteiger partial charge in [-0.15, -0.1) is 11.3 Å². The van der Waals surface area contributed by atoms with Crippen molar-refractivity contribution in [3.05, 3.63) is 51.4 Å². The number of nitrogens with zero attached hydrogens (tertiary/aromatic N) is 2. The van der Waals surface area contributed by atoms with Crippen LogP contribution in [0.25, 0.3) is 11.3 Å². The predicted octanol–water partition coefficient (Wildman–Crippen LogP) is 4.73. The lowest BCUT2D eigenvalue weighted by atomic mass is 9.99. The number of hydrogen-bond donors (Lipinski definition) is 3. The second-order valence-electron chi connectivity index (χ2n) is 6.69. The average Bonchev–Trinajstić information content (AvgIpc) is 3.35. The molecule has 5 nitrogen and oxygen atoms in total. The molecule has 1 aromatic heterocycles. The highest BCUT2D eigenvalue weighted by atomic mass is 32.1. The number of rotatable bonds is 8. The van der Waals surface area contributed by atoms with Gasteiger partial charge >= 0.3 is 0 Å². The number of hydrogen-bond acceptors (Lipinski definition) is 6. The van der Waals surface area contributed by atoms with Crippen LogP contribution in [0.2, 0.25) is 0 Å². The van der Waals surface area contributed by atoms with Crippen LogP contribution in [0.5, 0.6) is 0 Å². The standard InChI is InChI=1S/C19H23FN4OS/c1-11(25)17-7-14(20)5-6-16(17)19-18(26-12(2)23-19)8-15(24-21)10-22-9-13-3-4-13/h5-7,10-11,13,21-22,25H,3-4,8-9H2,1-2H3/b15-10-,24-21?/t11-/m1/s1. The number of aryl methyl sites for hydroxylation is 1. The van der Waals surface area contributed by atoms with Crippen LogP contribution >= 0.6 is 11.3 Å². The summed E-state index contributed by atoms with van der Waals surface area (Å²) < 4.78 is 13.6. The van der Waals surface area contributed by atoms with Crippen LogP contribution in [-0.2, 0) is 6.42 Å². The Morgan fingerprint density at radius 3 is 2.96 bits per heavy atom. The van der Waals surface area contributed by atoms with Crippen molar-refractivity contribution >= 4 is 11.3 Å². The highest BCUT2D eigenvalue weighted by Gasteiger charge is 2.21. The number of benzene rings is 1. The zero-order chi connectivity index (χ0) is 18.7. The van der Waals surface area contributed by atoms with E-state index in [1.807, 2.05) is 6.92 Å². The number of aliphatic hydroxyl groups is 1. The van der Waals surface area contributed by atoms with Crippen molar-refractivity contribution in [3.8, 4) is 11.3 Å². The van der Waals surface area contributed by atoms with Crippen molar-refractivity contribution in [2.45, 2.75) is 39.2 Å². The van der Waals surface area contributed by atoms with E-state index in [4.69, 9.17) is 5.53 Å². The van der Waals surface area contributed by atoms with Gasteiger partial charge in [0.05, 0.1) is 22.5 Å². The number of aliphatic hydroxyl groups excluding tert-OH is 1. The van der Waals surface area contributed by atoms with E-state index in [-0.39, 0.29) is 5.82 Å². The van der Waals surface area contributed by atoms with E-state index in [0.717, 1.165) is 33.6 Å². The Labute approximate surface area is 156 Å². The molecule has 7 heteroatoms. The molecule has 0 spiro atoms. The molecule has 1 atom stereocenters. The van der Waals surface area contributed by atoms with E-state index >= 15 is 0 Å². The average molecular weight is 374 g/mol. The van der Waals surface area contributed by atoms with Crippen molar-refractivity contribution in [2.75, 3.05) is 6.54 Å². The summed E-state index contributed by atoms with van der Waals surface area (Å²) in [5.41, 5.74) is 10.0. The lowest BCUT2D eigenvalue weighted by molar-refractivity contribution is 0.199. The topological polar surface area (TPSA) is 81.4 Å². The van der Waals surface area contributed by atoms with Gasteiger partial charge in [-0.2, -0.15) is 5.11 Å². The largest absolute Gasteiger partial charge is 0.389 e. The number of aromatic nitrogens is 1. The Balaban J connectivity index is 1.89. The first-order chi connectivity index (χ1) is 12.5. The van der Waals surface area contributed by atoms with Gasteiger partial charge in [-0.05, 0) is 56.4 Å². The molecular weight excluding hydrogens is 351 g/mol. The van der Waals surface area contributed by atoms with E-state index in [2.05, 4.69) is 15.4 Å². The maximum atomic E-state index is 13.6. The van der Waals surface area contributed by atoms with Crippen LogP contribution in [0, 0.1) is 24.2 Å². The van der Waals surface area contributed by atoms with Gasteiger partial charge in [-0.3, -0.25) is 0 Å². The van der Waals surface area contributed by atoms with Crippen molar-refractivity contribution in [3.63, 3.8) is 0 Å². The highest BCUT2D eigenvalue weighted by Crippen LogP contribution is 2.35. The van der Waals surface area contributed by atoms with Crippen LogP contribution in [-0.4, -0.2) is 16.6 Å². The van der Waals surface area contributed by atoms with Gasteiger partial charge in [-0.25, -0.2) is 14.9 Å². The molecule has 138 valence electrons. The number of thiazole rings is 1. The number of nitrogens with one attached hydrogen (secondary N) is 2. The summed E-state index contributed by atoms with van der Waals surface area (Å²) in [6.45, 7) is 4.44. The first kappa shape index (κ1) is 18.7. The zero-order valence-electron chi connectivity index (χ0n) is 14.9. The molecule has 1 fully saturated rings. The smallest absolute Gasteiger partial charge is 0.123 e. The quantitative estimate of drug-likeness (QED) is 0.585. The van der Waals surface area contributed by atoms with Gasteiger partial charge in [0, 0.05) is 29.6 Å². The minimum absolute atomic E-state index is 0.385. The third-order valence-electron chi connectivity index (χ3n) is 4.38. The summed E-state index contributed by atoms with van der Waals surface area (Å²) in [7, 11) is 0. The van der Waals surface area contributed by atoms with E-state index in [1.54, 1.807) is 19.2 Å². The Hall–Kier alpha value is -2.12. The molecule has 3 N–H and O–H groups in total. The zero-order valence-corrected chi connectivity index (χ0v) is 15.7. The lowest BCUT2D eigenvalue weighted by Crippen LogP contribution is -2.10. The molecule has 1 aliphatic carbocycles. The Morgan fingerprint density at radius 2 is 2.31 bits per heavy atom. The molecule has 0 saturated heterocycles. The monoisotopic (exact) mass is 374 g/mol. The summed E-state index contributed by atoms with van der Waals surface area (Å²) in [5, 5.41) is 17.8. The molecule has 1 aromatic carbocycles. The molecule has 3 rings (SSSR count). The van der Waals surface area contributed by atoms with Crippen molar-refractivity contribution < 1.29 is 9.50 Å². The lowest BCUT2D eigenvalue weighted by Gasteiger charge is -2.12. The Morgan fingerprint density at radius 1 is 1.54 bits per heavy atom. The molecule has 0 radical (unpaired) electrons.